The summed E-state index contributed by atoms with van der Waals surface area (Å²) in [5.74, 6) is 0.618. The molecular formula is C17H28N2O. The molecule has 3 nitrogen and oxygen atoms in total. The second kappa shape index (κ2) is 6.25. The van der Waals surface area contributed by atoms with E-state index in [1.54, 1.807) is 0 Å². The molecule has 1 fully saturated rings. The Bertz CT molecular complexity index is 416. The van der Waals surface area contributed by atoms with Crippen molar-refractivity contribution in [3.63, 3.8) is 0 Å². The van der Waals surface area contributed by atoms with Crippen molar-refractivity contribution in [2.45, 2.75) is 38.3 Å². The van der Waals surface area contributed by atoms with Gasteiger partial charge in [0.15, 0.2) is 0 Å². The fourth-order valence-corrected chi connectivity index (χ4v) is 3.29. The molecule has 0 aliphatic heterocycles. The normalized spacial score (nSPS) is 26.3. The van der Waals surface area contributed by atoms with E-state index in [0.29, 0.717) is 25.0 Å². The SMILES string of the molecule is CN(C)C[C@H](O)CN[C@@H]1C[C@@H](c2ccccc2)C1(C)C. The second-order valence-corrected chi connectivity index (χ2v) is 6.90. The number of likely N-dealkylation sites (N-methyl/N-ethyl adjacent to an activating group) is 1. The number of hydrogen-bond acceptors (Lipinski definition) is 3. The first-order chi connectivity index (χ1) is 9.41. The van der Waals surface area contributed by atoms with Crippen LogP contribution in [-0.2, 0) is 0 Å². The Balaban J connectivity index is 1.85. The number of aliphatic hydroxyl groups is 1. The molecule has 2 N–H and O–H groups in total. The quantitative estimate of drug-likeness (QED) is 0.835. The van der Waals surface area contributed by atoms with Crippen molar-refractivity contribution < 1.29 is 5.11 Å². The van der Waals surface area contributed by atoms with Crippen LogP contribution in [0.5, 0.6) is 0 Å². The van der Waals surface area contributed by atoms with Crippen LogP contribution < -0.4 is 5.32 Å². The molecule has 3 atom stereocenters. The fourth-order valence-electron chi connectivity index (χ4n) is 3.29. The van der Waals surface area contributed by atoms with Gasteiger partial charge in [0, 0.05) is 19.1 Å². The molecule has 0 bridgehead atoms. The largest absolute Gasteiger partial charge is 0.390 e. The summed E-state index contributed by atoms with van der Waals surface area (Å²) in [5, 5.41) is 13.5. The van der Waals surface area contributed by atoms with Gasteiger partial charge >= 0.3 is 0 Å². The lowest BCUT2D eigenvalue weighted by atomic mass is 9.56. The van der Waals surface area contributed by atoms with Crippen LogP contribution >= 0.6 is 0 Å². The molecule has 0 radical (unpaired) electrons. The molecule has 0 spiro atoms. The van der Waals surface area contributed by atoms with E-state index in [4.69, 9.17) is 0 Å². The Labute approximate surface area is 123 Å². The highest BCUT2D eigenvalue weighted by atomic mass is 16.3. The van der Waals surface area contributed by atoms with Crippen molar-refractivity contribution in [2.75, 3.05) is 27.2 Å². The van der Waals surface area contributed by atoms with Crippen molar-refractivity contribution in [1.82, 2.24) is 10.2 Å². The Kier molecular flexibility index (Phi) is 4.84. The lowest BCUT2D eigenvalue weighted by molar-refractivity contribution is 0.0513. The van der Waals surface area contributed by atoms with Crippen LogP contribution in [-0.4, -0.2) is 49.3 Å². The Hall–Kier alpha value is -0.900. The number of aliphatic hydroxyl groups excluding tert-OH is 1. The van der Waals surface area contributed by atoms with Crippen molar-refractivity contribution in [1.29, 1.82) is 0 Å². The minimum absolute atomic E-state index is 0.249. The molecular weight excluding hydrogens is 248 g/mol. The first kappa shape index (κ1) is 15.5. The maximum absolute atomic E-state index is 9.94. The van der Waals surface area contributed by atoms with E-state index >= 15 is 0 Å². The van der Waals surface area contributed by atoms with Crippen molar-refractivity contribution >= 4 is 0 Å². The Morgan fingerprint density at radius 2 is 1.95 bits per heavy atom. The summed E-state index contributed by atoms with van der Waals surface area (Å²) in [6.07, 6.45) is 0.864. The lowest BCUT2D eigenvalue weighted by Crippen LogP contribution is -2.57. The molecule has 0 amide bonds. The average molecular weight is 276 g/mol. The summed E-state index contributed by atoms with van der Waals surface area (Å²) in [7, 11) is 3.98. The summed E-state index contributed by atoms with van der Waals surface area (Å²) in [6, 6.07) is 11.2. The van der Waals surface area contributed by atoms with E-state index in [1.165, 1.54) is 5.56 Å². The second-order valence-electron chi connectivity index (χ2n) is 6.90. The first-order valence-electron chi connectivity index (χ1n) is 7.52. The van der Waals surface area contributed by atoms with Crippen molar-refractivity contribution in [3.05, 3.63) is 35.9 Å². The summed E-state index contributed by atoms with van der Waals surface area (Å²) in [5.41, 5.74) is 1.68. The van der Waals surface area contributed by atoms with Gasteiger partial charge < -0.3 is 15.3 Å². The van der Waals surface area contributed by atoms with Gasteiger partial charge in [0.1, 0.15) is 0 Å². The molecule has 0 aromatic heterocycles. The van der Waals surface area contributed by atoms with Gasteiger partial charge in [-0.2, -0.15) is 0 Å². The van der Waals surface area contributed by atoms with Gasteiger partial charge in [0.2, 0.25) is 0 Å². The Morgan fingerprint density at radius 3 is 2.50 bits per heavy atom. The van der Waals surface area contributed by atoms with E-state index in [-0.39, 0.29) is 11.5 Å². The summed E-state index contributed by atoms with van der Waals surface area (Å²) in [4.78, 5) is 2.02. The van der Waals surface area contributed by atoms with Crippen LogP contribution in [0.15, 0.2) is 30.3 Å². The third kappa shape index (κ3) is 3.40. The zero-order valence-corrected chi connectivity index (χ0v) is 13.1. The number of nitrogens with zero attached hydrogens (tertiary/aromatic N) is 1. The van der Waals surface area contributed by atoms with E-state index in [2.05, 4.69) is 49.5 Å². The molecule has 1 aliphatic carbocycles. The molecule has 0 saturated heterocycles. The van der Waals surface area contributed by atoms with Crippen LogP contribution in [0.4, 0.5) is 0 Å². The molecule has 0 heterocycles. The van der Waals surface area contributed by atoms with Gasteiger partial charge in [-0.25, -0.2) is 0 Å². The van der Waals surface area contributed by atoms with E-state index in [0.717, 1.165) is 6.42 Å². The number of hydrogen-bond donors (Lipinski definition) is 2. The van der Waals surface area contributed by atoms with Crippen LogP contribution in [0.2, 0.25) is 0 Å². The van der Waals surface area contributed by atoms with Gasteiger partial charge in [-0.05, 0) is 37.4 Å². The van der Waals surface area contributed by atoms with Crippen LogP contribution in [0.1, 0.15) is 31.7 Å². The molecule has 0 unspecified atom stereocenters. The van der Waals surface area contributed by atoms with Crippen molar-refractivity contribution in [2.24, 2.45) is 5.41 Å². The van der Waals surface area contributed by atoms with Gasteiger partial charge in [-0.15, -0.1) is 0 Å². The van der Waals surface area contributed by atoms with Crippen LogP contribution in [0.25, 0.3) is 0 Å². The number of benzene rings is 1. The Morgan fingerprint density at radius 1 is 1.30 bits per heavy atom. The predicted octanol–water partition coefficient (Wildman–Crippen LogP) is 2.08. The van der Waals surface area contributed by atoms with Crippen LogP contribution in [0.3, 0.4) is 0 Å². The zero-order valence-electron chi connectivity index (χ0n) is 13.1. The first-order valence-corrected chi connectivity index (χ1v) is 7.52. The molecule has 3 heteroatoms. The highest BCUT2D eigenvalue weighted by molar-refractivity contribution is 5.27. The van der Waals surface area contributed by atoms with E-state index in [9.17, 15) is 5.11 Å². The van der Waals surface area contributed by atoms with E-state index in [1.807, 2.05) is 19.0 Å². The van der Waals surface area contributed by atoms with E-state index < -0.39 is 0 Å². The monoisotopic (exact) mass is 276 g/mol. The predicted molar refractivity (Wildman–Crippen MR) is 83.9 cm³/mol. The van der Waals surface area contributed by atoms with Gasteiger partial charge in [0.05, 0.1) is 6.10 Å². The van der Waals surface area contributed by atoms with Gasteiger partial charge in [-0.1, -0.05) is 44.2 Å². The molecule has 1 aromatic rings. The fraction of sp³-hybridized carbons (Fsp3) is 0.647. The molecule has 2 rings (SSSR count). The topological polar surface area (TPSA) is 35.5 Å². The molecule has 1 saturated carbocycles. The summed E-state index contributed by atoms with van der Waals surface area (Å²) >= 11 is 0. The minimum atomic E-state index is -0.295. The zero-order chi connectivity index (χ0) is 14.8. The highest BCUT2D eigenvalue weighted by Gasteiger charge is 2.48. The summed E-state index contributed by atoms with van der Waals surface area (Å²) < 4.78 is 0. The average Bonchev–Trinajstić information content (AvgIpc) is 2.37. The molecule has 20 heavy (non-hydrogen) atoms. The third-order valence-electron chi connectivity index (χ3n) is 4.65. The third-order valence-corrected chi connectivity index (χ3v) is 4.65. The number of rotatable bonds is 6. The maximum atomic E-state index is 9.94. The van der Waals surface area contributed by atoms with Gasteiger partial charge in [0.25, 0.3) is 0 Å². The number of nitrogens with one attached hydrogen (secondary N) is 1. The summed E-state index contributed by atoms with van der Waals surface area (Å²) in [6.45, 7) is 6.03. The smallest absolute Gasteiger partial charge is 0.0791 e. The minimum Gasteiger partial charge on any atom is -0.390 e. The van der Waals surface area contributed by atoms with Crippen LogP contribution in [0, 0.1) is 5.41 Å². The van der Waals surface area contributed by atoms with Crippen molar-refractivity contribution in [3.8, 4) is 0 Å². The molecule has 1 aromatic carbocycles. The molecule has 112 valence electrons. The maximum Gasteiger partial charge on any atom is 0.0791 e. The highest BCUT2D eigenvalue weighted by Crippen LogP contribution is 2.52. The molecule has 1 aliphatic rings. The van der Waals surface area contributed by atoms with Gasteiger partial charge in [-0.3, -0.25) is 0 Å². The standard InChI is InChI=1S/C17H28N2O/c1-17(2)15(13-8-6-5-7-9-13)10-16(17)18-11-14(20)12-19(3)4/h5-9,14-16,18,20H,10-12H2,1-4H3/t14-,15+,16-/m1/s1. The lowest BCUT2D eigenvalue weighted by Gasteiger charge is -2.53.